The molecule has 0 saturated carbocycles. The zero-order valence-electron chi connectivity index (χ0n) is 15.2. The molecular formula is C21H21BrN2O3. The van der Waals surface area contributed by atoms with Crippen molar-refractivity contribution in [2.24, 2.45) is 0 Å². The fourth-order valence-corrected chi connectivity index (χ4v) is 3.78. The first kappa shape index (κ1) is 18.0. The Morgan fingerprint density at radius 3 is 2.89 bits per heavy atom. The third-order valence-electron chi connectivity index (χ3n) is 4.89. The zero-order valence-corrected chi connectivity index (χ0v) is 16.8. The normalized spacial score (nSPS) is 13.4. The second kappa shape index (κ2) is 7.72. The molecule has 27 heavy (non-hydrogen) atoms. The van der Waals surface area contributed by atoms with E-state index in [1.165, 1.54) is 18.4 Å². The average molecular weight is 429 g/mol. The summed E-state index contributed by atoms with van der Waals surface area (Å²) in [6, 6.07) is 9.47. The van der Waals surface area contributed by atoms with Crippen LogP contribution in [0.15, 0.2) is 45.4 Å². The molecule has 1 aliphatic carbocycles. The van der Waals surface area contributed by atoms with Gasteiger partial charge < -0.3 is 9.15 Å². The van der Waals surface area contributed by atoms with Crippen molar-refractivity contribution in [2.75, 3.05) is 18.1 Å². The number of amides is 1. The van der Waals surface area contributed by atoms with E-state index in [-0.39, 0.29) is 12.5 Å². The van der Waals surface area contributed by atoms with Crippen LogP contribution < -0.4 is 9.64 Å². The lowest BCUT2D eigenvalue weighted by molar-refractivity contribution is -0.120. The van der Waals surface area contributed by atoms with Crippen LogP contribution in [-0.4, -0.2) is 24.0 Å². The number of hydrogen-bond donors (Lipinski definition) is 0. The molecular weight excluding hydrogens is 408 g/mol. The number of carbonyl (C=O) groups excluding carboxylic acids is 1. The smallest absolute Gasteiger partial charge is 0.266 e. The van der Waals surface area contributed by atoms with E-state index in [0.717, 1.165) is 34.0 Å². The zero-order chi connectivity index (χ0) is 18.8. The van der Waals surface area contributed by atoms with Gasteiger partial charge in [0.25, 0.3) is 5.91 Å². The van der Waals surface area contributed by atoms with Crippen LogP contribution in [0.1, 0.15) is 31.1 Å². The van der Waals surface area contributed by atoms with Gasteiger partial charge in [0, 0.05) is 34.6 Å². The third-order valence-corrected chi connectivity index (χ3v) is 5.36. The van der Waals surface area contributed by atoms with E-state index < -0.39 is 0 Å². The standard InChI is InChI=1S/C21H21BrN2O3/c1-2-24(20-10-7-14(22)12-23-20)21(25)13-26-15-8-9-19-17(11-15)16-5-3-4-6-18(16)27-19/h7-12H,2-6,13H2,1H3. The molecule has 0 bridgehead atoms. The van der Waals surface area contributed by atoms with Gasteiger partial charge in [-0.3, -0.25) is 9.69 Å². The number of benzene rings is 1. The minimum atomic E-state index is -0.123. The average Bonchev–Trinajstić information content (AvgIpc) is 3.06. The second-order valence-corrected chi connectivity index (χ2v) is 7.55. The minimum Gasteiger partial charge on any atom is -0.484 e. The van der Waals surface area contributed by atoms with Crippen molar-refractivity contribution in [1.82, 2.24) is 4.98 Å². The molecule has 2 heterocycles. The summed E-state index contributed by atoms with van der Waals surface area (Å²) in [5, 5.41) is 1.11. The highest BCUT2D eigenvalue weighted by Gasteiger charge is 2.19. The number of anilines is 1. The maximum Gasteiger partial charge on any atom is 0.266 e. The van der Waals surface area contributed by atoms with E-state index in [0.29, 0.717) is 18.1 Å². The lowest BCUT2D eigenvalue weighted by Gasteiger charge is -2.20. The molecule has 3 aromatic rings. The first-order valence-corrected chi connectivity index (χ1v) is 10.0. The first-order chi connectivity index (χ1) is 13.2. The van der Waals surface area contributed by atoms with Crippen LogP contribution >= 0.6 is 15.9 Å². The van der Waals surface area contributed by atoms with Gasteiger partial charge in [0.15, 0.2) is 6.61 Å². The van der Waals surface area contributed by atoms with E-state index >= 15 is 0 Å². The van der Waals surface area contributed by atoms with Crippen LogP contribution in [0.25, 0.3) is 11.0 Å². The Hall–Kier alpha value is -2.34. The fourth-order valence-electron chi connectivity index (χ4n) is 3.55. The molecule has 0 saturated heterocycles. The highest BCUT2D eigenvalue weighted by atomic mass is 79.9. The predicted octanol–water partition coefficient (Wildman–Crippen LogP) is 4.90. The summed E-state index contributed by atoms with van der Waals surface area (Å²) in [6.45, 7) is 2.42. The van der Waals surface area contributed by atoms with Crippen molar-refractivity contribution in [3.8, 4) is 5.75 Å². The molecule has 0 unspecified atom stereocenters. The van der Waals surface area contributed by atoms with E-state index in [1.807, 2.05) is 37.3 Å². The van der Waals surface area contributed by atoms with Crippen molar-refractivity contribution in [1.29, 1.82) is 0 Å². The number of carbonyl (C=O) groups is 1. The molecule has 0 atom stereocenters. The topological polar surface area (TPSA) is 55.6 Å². The number of ether oxygens (including phenoxy) is 1. The van der Waals surface area contributed by atoms with Crippen LogP contribution in [0.3, 0.4) is 0 Å². The van der Waals surface area contributed by atoms with Gasteiger partial charge in [-0.2, -0.15) is 0 Å². The molecule has 140 valence electrons. The minimum absolute atomic E-state index is 0.0306. The number of nitrogens with zero attached hydrogens (tertiary/aromatic N) is 2. The Labute approximate surface area is 166 Å². The number of furan rings is 1. The maximum atomic E-state index is 12.6. The number of aromatic nitrogens is 1. The van der Waals surface area contributed by atoms with Gasteiger partial charge in [-0.05, 0) is 72.4 Å². The Bertz CT molecular complexity index is 965. The molecule has 1 amide bonds. The fraction of sp³-hybridized carbons (Fsp3) is 0.333. The number of halogens is 1. The maximum absolute atomic E-state index is 12.6. The molecule has 1 aromatic carbocycles. The summed E-state index contributed by atoms with van der Waals surface area (Å²) < 4.78 is 12.6. The number of fused-ring (bicyclic) bond motifs is 3. The van der Waals surface area contributed by atoms with Gasteiger partial charge in [0.1, 0.15) is 22.9 Å². The van der Waals surface area contributed by atoms with Crippen LogP contribution in [0, 0.1) is 0 Å². The highest BCUT2D eigenvalue weighted by Crippen LogP contribution is 2.34. The van der Waals surface area contributed by atoms with Crippen molar-refractivity contribution in [3.05, 3.63) is 52.3 Å². The van der Waals surface area contributed by atoms with Gasteiger partial charge in [-0.1, -0.05) is 0 Å². The van der Waals surface area contributed by atoms with Crippen LogP contribution in [0.5, 0.6) is 5.75 Å². The van der Waals surface area contributed by atoms with Gasteiger partial charge >= 0.3 is 0 Å². The molecule has 2 aromatic heterocycles. The van der Waals surface area contributed by atoms with Gasteiger partial charge in [0.05, 0.1) is 0 Å². The Morgan fingerprint density at radius 2 is 2.11 bits per heavy atom. The van der Waals surface area contributed by atoms with Gasteiger partial charge in [-0.25, -0.2) is 4.98 Å². The van der Waals surface area contributed by atoms with E-state index in [2.05, 4.69) is 20.9 Å². The van der Waals surface area contributed by atoms with Gasteiger partial charge in [0.2, 0.25) is 0 Å². The Morgan fingerprint density at radius 1 is 1.26 bits per heavy atom. The monoisotopic (exact) mass is 428 g/mol. The van der Waals surface area contributed by atoms with Crippen LogP contribution in [0.4, 0.5) is 5.82 Å². The van der Waals surface area contributed by atoms with Crippen molar-refractivity contribution in [2.45, 2.75) is 32.6 Å². The lowest BCUT2D eigenvalue weighted by atomic mass is 9.96. The molecule has 0 N–H and O–H groups in total. The number of likely N-dealkylation sites (N-methyl/N-ethyl adjacent to an activating group) is 1. The van der Waals surface area contributed by atoms with Crippen LogP contribution in [-0.2, 0) is 17.6 Å². The summed E-state index contributed by atoms with van der Waals surface area (Å²) in [5.74, 6) is 2.28. The summed E-state index contributed by atoms with van der Waals surface area (Å²) in [5.41, 5.74) is 2.19. The largest absolute Gasteiger partial charge is 0.484 e. The van der Waals surface area contributed by atoms with Crippen molar-refractivity contribution in [3.63, 3.8) is 0 Å². The number of aryl methyl sites for hydroxylation is 2. The summed E-state index contributed by atoms with van der Waals surface area (Å²) in [6.07, 6.45) is 6.11. The van der Waals surface area contributed by atoms with Crippen LogP contribution in [0.2, 0.25) is 0 Å². The quantitative estimate of drug-likeness (QED) is 0.579. The third kappa shape index (κ3) is 3.72. The summed E-state index contributed by atoms with van der Waals surface area (Å²) in [7, 11) is 0. The Balaban J connectivity index is 1.48. The molecule has 4 rings (SSSR count). The molecule has 1 aliphatic rings. The van der Waals surface area contributed by atoms with Crippen molar-refractivity contribution < 1.29 is 13.9 Å². The predicted molar refractivity (Wildman–Crippen MR) is 108 cm³/mol. The van der Waals surface area contributed by atoms with E-state index in [1.54, 1.807) is 11.1 Å². The SMILES string of the molecule is CCN(C(=O)COc1ccc2oc3c(c2c1)CCCC3)c1ccc(Br)cn1. The molecule has 5 nitrogen and oxygen atoms in total. The second-order valence-electron chi connectivity index (χ2n) is 6.63. The summed E-state index contributed by atoms with van der Waals surface area (Å²) >= 11 is 3.36. The molecule has 6 heteroatoms. The molecule has 0 spiro atoms. The lowest BCUT2D eigenvalue weighted by Crippen LogP contribution is -2.35. The number of pyridine rings is 1. The molecule has 0 radical (unpaired) electrons. The first-order valence-electron chi connectivity index (χ1n) is 9.24. The number of hydrogen-bond acceptors (Lipinski definition) is 4. The summed E-state index contributed by atoms with van der Waals surface area (Å²) in [4.78, 5) is 18.5. The van der Waals surface area contributed by atoms with E-state index in [4.69, 9.17) is 9.15 Å². The molecule has 0 aliphatic heterocycles. The van der Waals surface area contributed by atoms with E-state index in [9.17, 15) is 4.79 Å². The number of rotatable bonds is 5. The van der Waals surface area contributed by atoms with Gasteiger partial charge in [-0.15, -0.1) is 0 Å². The highest BCUT2D eigenvalue weighted by molar-refractivity contribution is 9.10. The van der Waals surface area contributed by atoms with Crippen molar-refractivity contribution >= 4 is 38.6 Å². The Kier molecular flexibility index (Phi) is 5.16. The molecule has 0 fully saturated rings.